The Morgan fingerprint density at radius 3 is 2.61 bits per heavy atom. The summed E-state index contributed by atoms with van der Waals surface area (Å²) >= 11 is 3.53. The van der Waals surface area contributed by atoms with Crippen LogP contribution in [0, 0.1) is 6.92 Å². The Hall–Kier alpha value is -3.20. The summed E-state index contributed by atoms with van der Waals surface area (Å²) in [6.07, 6.45) is 1.73. The minimum Gasteiger partial charge on any atom is -0.346 e. The number of nitrogens with zero attached hydrogens (tertiary/aromatic N) is 6. The lowest BCUT2D eigenvalue weighted by Crippen LogP contribution is -2.48. The first kappa shape index (κ1) is 19.7. The van der Waals surface area contributed by atoms with Crippen molar-refractivity contribution in [3.63, 3.8) is 0 Å². The molecule has 1 aliphatic rings. The van der Waals surface area contributed by atoms with Gasteiger partial charge in [-0.2, -0.15) is 0 Å². The highest BCUT2D eigenvalue weighted by Crippen LogP contribution is 2.29. The Labute approximate surface area is 186 Å². The fraction of sp³-hybridized carbons (Fsp3) is 0.273. The van der Waals surface area contributed by atoms with Crippen LogP contribution < -0.4 is 10.6 Å². The molecule has 1 amide bonds. The molecule has 3 aromatic heterocycles. The summed E-state index contributed by atoms with van der Waals surface area (Å²) in [7, 11) is 3.56. The van der Waals surface area contributed by atoms with E-state index in [0.717, 1.165) is 44.5 Å². The van der Waals surface area contributed by atoms with E-state index in [1.54, 1.807) is 27.3 Å². The maximum Gasteiger partial charge on any atom is 0.333 e. The first-order chi connectivity index (χ1) is 14.8. The third-order valence-electron chi connectivity index (χ3n) is 5.91. The third-order valence-corrected chi connectivity index (χ3v) is 6.40. The van der Waals surface area contributed by atoms with E-state index in [0.29, 0.717) is 18.8 Å². The second-order valence-corrected chi connectivity index (χ2v) is 8.76. The first-order valence-electron chi connectivity index (χ1n) is 9.98. The largest absolute Gasteiger partial charge is 0.346 e. The Kier molecular flexibility index (Phi) is 4.58. The molecular weight excluding hydrogens is 460 g/mol. The quantitative estimate of drug-likeness (QED) is 0.440. The summed E-state index contributed by atoms with van der Waals surface area (Å²) < 4.78 is 4.23. The van der Waals surface area contributed by atoms with Crippen LogP contribution >= 0.6 is 15.9 Å². The molecule has 1 fully saturated rings. The van der Waals surface area contributed by atoms with Crippen molar-refractivity contribution in [3.05, 3.63) is 57.2 Å². The van der Waals surface area contributed by atoms with E-state index >= 15 is 0 Å². The van der Waals surface area contributed by atoms with Crippen molar-refractivity contribution in [1.29, 1.82) is 0 Å². The van der Waals surface area contributed by atoms with Gasteiger partial charge < -0.3 is 9.80 Å². The van der Waals surface area contributed by atoms with Gasteiger partial charge in [0.1, 0.15) is 5.82 Å². The standard InChI is InChI=1S/C22H21BrN6O2/c1-13-17(6-7-19(25-13)28-9-8-26(2)20(30)12-28)29-21-15-10-14(23)4-5-16(15)24-11-18(21)27(3)22(29)31/h4-7,10-11H,8-9,12H2,1-3H3. The van der Waals surface area contributed by atoms with Crippen molar-refractivity contribution in [2.45, 2.75) is 6.92 Å². The van der Waals surface area contributed by atoms with Crippen molar-refractivity contribution in [2.75, 3.05) is 31.6 Å². The second-order valence-electron chi connectivity index (χ2n) is 7.84. The molecule has 0 aliphatic carbocycles. The van der Waals surface area contributed by atoms with Gasteiger partial charge in [-0.15, -0.1) is 0 Å². The number of hydrogen-bond donors (Lipinski definition) is 0. The highest BCUT2D eigenvalue weighted by Gasteiger charge is 2.23. The van der Waals surface area contributed by atoms with E-state index < -0.39 is 0 Å². The van der Waals surface area contributed by atoms with E-state index in [1.807, 2.05) is 49.2 Å². The molecule has 0 N–H and O–H groups in total. The van der Waals surface area contributed by atoms with Crippen LogP contribution in [-0.4, -0.2) is 56.6 Å². The molecule has 5 rings (SSSR count). The number of imidazole rings is 1. The normalized spacial score (nSPS) is 14.8. The van der Waals surface area contributed by atoms with E-state index in [2.05, 4.69) is 20.9 Å². The van der Waals surface area contributed by atoms with Crippen LogP contribution in [0.15, 0.2) is 45.8 Å². The number of halogens is 1. The number of rotatable bonds is 2. The lowest BCUT2D eigenvalue weighted by atomic mass is 10.2. The molecule has 4 aromatic rings. The maximum absolute atomic E-state index is 13.2. The Morgan fingerprint density at radius 2 is 1.87 bits per heavy atom. The van der Waals surface area contributed by atoms with E-state index in [4.69, 9.17) is 4.98 Å². The molecule has 0 bridgehead atoms. The first-order valence-corrected chi connectivity index (χ1v) is 10.8. The average molecular weight is 481 g/mol. The number of pyridine rings is 2. The summed E-state index contributed by atoms with van der Waals surface area (Å²) in [6.45, 7) is 3.59. The van der Waals surface area contributed by atoms with Crippen molar-refractivity contribution < 1.29 is 4.79 Å². The zero-order valence-corrected chi connectivity index (χ0v) is 19.0. The van der Waals surface area contributed by atoms with Crippen LogP contribution in [-0.2, 0) is 11.8 Å². The van der Waals surface area contributed by atoms with Crippen LogP contribution in [0.3, 0.4) is 0 Å². The molecular formula is C22H21BrN6O2. The van der Waals surface area contributed by atoms with Crippen molar-refractivity contribution in [2.24, 2.45) is 7.05 Å². The number of amides is 1. The zero-order chi connectivity index (χ0) is 21.9. The number of anilines is 1. The number of carbonyl (C=O) groups is 1. The Balaban J connectivity index is 1.69. The molecule has 0 radical (unpaired) electrons. The van der Waals surface area contributed by atoms with Crippen LogP contribution in [0.25, 0.3) is 27.6 Å². The topological polar surface area (TPSA) is 76.3 Å². The van der Waals surface area contributed by atoms with Gasteiger partial charge in [0.15, 0.2) is 0 Å². The van der Waals surface area contributed by atoms with Gasteiger partial charge >= 0.3 is 5.69 Å². The van der Waals surface area contributed by atoms with Gasteiger partial charge in [0.2, 0.25) is 5.91 Å². The van der Waals surface area contributed by atoms with Gasteiger partial charge in [-0.05, 0) is 37.3 Å². The number of benzene rings is 1. The maximum atomic E-state index is 13.2. The van der Waals surface area contributed by atoms with Gasteiger partial charge in [0.05, 0.1) is 40.7 Å². The fourth-order valence-corrected chi connectivity index (χ4v) is 4.46. The molecule has 1 aromatic carbocycles. The molecule has 1 saturated heterocycles. The van der Waals surface area contributed by atoms with Gasteiger partial charge in [0, 0.05) is 37.0 Å². The van der Waals surface area contributed by atoms with Crippen LogP contribution in [0.1, 0.15) is 5.69 Å². The number of piperazine rings is 1. The smallest absolute Gasteiger partial charge is 0.333 e. The predicted molar refractivity (Wildman–Crippen MR) is 124 cm³/mol. The summed E-state index contributed by atoms with van der Waals surface area (Å²) in [6, 6.07) is 9.63. The molecule has 4 heterocycles. The molecule has 1 aliphatic heterocycles. The molecule has 31 heavy (non-hydrogen) atoms. The van der Waals surface area contributed by atoms with E-state index in [-0.39, 0.29) is 11.6 Å². The number of likely N-dealkylation sites (N-methyl/N-ethyl adjacent to an activating group) is 1. The molecule has 8 nitrogen and oxygen atoms in total. The molecule has 9 heteroatoms. The predicted octanol–water partition coefficient (Wildman–Crippen LogP) is 2.62. The lowest BCUT2D eigenvalue weighted by molar-refractivity contribution is -0.129. The minimum atomic E-state index is -0.156. The molecule has 158 valence electrons. The highest BCUT2D eigenvalue weighted by molar-refractivity contribution is 9.10. The average Bonchev–Trinajstić information content (AvgIpc) is 3.01. The minimum absolute atomic E-state index is 0.0737. The van der Waals surface area contributed by atoms with E-state index in [9.17, 15) is 9.59 Å². The second kappa shape index (κ2) is 7.19. The zero-order valence-electron chi connectivity index (χ0n) is 17.5. The van der Waals surface area contributed by atoms with Crippen molar-refractivity contribution in [1.82, 2.24) is 24.0 Å². The highest BCUT2D eigenvalue weighted by atomic mass is 79.9. The molecule has 0 atom stereocenters. The van der Waals surface area contributed by atoms with Crippen molar-refractivity contribution >= 4 is 49.6 Å². The lowest BCUT2D eigenvalue weighted by Gasteiger charge is -2.33. The van der Waals surface area contributed by atoms with Gasteiger partial charge in [-0.25, -0.2) is 9.78 Å². The monoisotopic (exact) mass is 480 g/mol. The summed E-state index contributed by atoms with van der Waals surface area (Å²) in [5, 5.41) is 0.887. The molecule has 0 unspecified atom stereocenters. The number of aryl methyl sites for hydroxylation is 2. The summed E-state index contributed by atoms with van der Waals surface area (Å²) in [5.74, 6) is 0.815. The Bertz CT molecular complexity index is 1420. The van der Waals surface area contributed by atoms with E-state index in [1.165, 1.54) is 0 Å². The fourth-order valence-electron chi connectivity index (χ4n) is 4.10. The van der Waals surface area contributed by atoms with Crippen molar-refractivity contribution in [3.8, 4) is 5.69 Å². The number of fused-ring (bicyclic) bond motifs is 3. The Morgan fingerprint density at radius 1 is 1.06 bits per heavy atom. The SMILES string of the molecule is Cc1nc(N2CCN(C)C(=O)C2)ccc1-n1c(=O)n(C)c2cnc3ccc(Br)cc3c21. The number of carbonyl (C=O) groups excluding carboxylic acids is 1. The van der Waals surface area contributed by atoms with Gasteiger partial charge in [0.25, 0.3) is 0 Å². The summed E-state index contributed by atoms with van der Waals surface area (Å²) in [5.41, 5.74) is 3.64. The third kappa shape index (κ3) is 3.11. The van der Waals surface area contributed by atoms with Crippen LogP contribution in [0.2, 0.25) is 0 Å². The van der Waals surface area contributed by atoms with Crippen LogP contribution in [0.4, 0.5) is 5.82 Å². The van der Waals surface area contributed by atoms with Gasteiger partial charge in [-0.1, -0.05) is 15.9 Å². The van der Waals surface area contributed by atoms with Gasteiger partial charge in [-0.3, -0.25) is 18.9 Å². The number of aromatic nitrogens is 4. The molecule has 0 saturated carbocycles. The molecule has 0 spiro atoms. The van der Waals surface area contributed by atoms with Crippen LogP contribution in [0.5, 0.6) is 0 Å². The summed E-state index contributed by atoms with van der Waals surface area (Å²) in [4.78, 5) is 38.3. The number of hydrogen-bond acceptors (Lipinski definition) is 5.